The van der Waals surface area contributed by atoms with E-state index in [0.29, 0.717) is 13.0 Å². The van der Waals surface area contributed by atoms with Crippen molar-refractivity contribution in [3.05, 3.63) is 72.9 Å². The summed E-state index contributed by atoms with van der Waals surface area (Å²) in [6.07, 6.45) is 34.3. The summed E-state index contributed by atoms with van der Waals surface area (Å²) < 4.78 is 34.0. The zero-order valence-corrected chi connectivity index (χ0v) is 36.9. The van der Waals surface area contributed by atoms with Crippen molar-refractivity contribution < 1.29 is 58.3 Å². The van der Waals surface area contributed by atoms with Gasteiger partial charge in [-0.15, -0.1) is 0 Å². The molecule has 13 heteroatoms. The van der Waals surface area contributed by atoms with Crippen LogP contribution in [-0.4, -0.2) is 98.9 Å². The maximum atomic E-state index is 12.8. The third-order valence-corrected chi connectivity index (χ3v) is 10.8. The minimum absolute atomic E-state index is 0.0507. The van der Waals surface area contributed by atoms with E-state index < -0.39 is 63.1 Å². The lowest BCUT2D eigenvalue weighted by Crippen LogP contribution is -2.64. The molecule has 340 valence electrons. The number of phosphoric acid groups is 1. The fourth-order valence-corrected chi connectivity index (χ4v) is 7.28. The summed E-state index contributed by atoms with van der Waals surface area (Å²) in [7, 11) is -5.05. The number of hydrogen-bond acceptors (Lipinski definition) is 11. The first-order chi connectivity index (χ1) is 28.5. The van der Waals surface area contributed by atoms with Gasteiger partial charge < -0.3 is 39.9 Å². The van der Waals surface area contributed by atoms with E-state index >= 15 is 0 Å². The number of esters is 1. The van der Waals surface area contributed by atoms with Crippen molar-refractivity contribution in [3.63, 3.8) is 0 Å². The normalized spacial score (nSPS) is 23.2. The molecule has 6 atom stereocenters. The van der Waals surface area contributed by atoms with Gasteiger partial charge in [-0.3, -0.25) is 13.8 Å². The van der Waals surface area contributed by atoms with Crippen LogP contribution >= 0.6 is 7.82 Å². The lowest BCUT2D eigenvalue weighted by atomic mass is 9.85. The van der Waals surface area contributed by atoms with Gasteiger partial charge >= 0.3 is 13.8 Å². The standard InChI is InChI=1S/C46H79O12P/c1-3-5-7-9-11-13-15-17-19-20-22-24-26-28-30-32-34-36-55-37-39(38-56-59(53,54)58-46-44(51)42(49)41(48)43(50)45(46)52)57-40(47)35-33-31-29-27-25-23-21-18-16-14-12-10-8-6-4-2/h6,8,12,14,18-21,25,27,31,33,39,41-46,48-52H,3-5,7,9-11,13,15-17,22-24,26,28-30,32,34-38H2,1-2H3,(H,53,54)/b8-6-,14-12-,20-19-,21-18-,27-25-,33-31-. The number of phosphoric ester groups is 1. The molecule has 0 radical (unpaired) electrons. The molecule has 0 amide bonds. The highest BCUT2D eigenvalue weighted by molar-refractivity contribution is 7.47. The monoisotopic (exact) mass is 855 g/mol. The van der Waals surface area contributed by atoms with Crippen LogP contribution in [0.3, 0.4) is 0 Å². The number of unbranched alkanes of at least 4 members (excludes halogenated alkanes) is 13. The van der Waals surface area contributed by atoms with E-state index in [1.54, 1.807) is 6.08 Å². The van der Waals surface area contributed by atoms with Crippen LogP contribution in [0.4, 0.5) is 0 Å². The molecule has 6 unspecified atom stereocenters. The second-order valence-corrected chi connectivity index (χ2v) is 16.6. The molecule has 0 aromatic carbocycles. The first-order valence-corrected chi connectivity index (χ1v) is 23.8. The Hall–Kier alpha value is -2.22. The zero-order chi connectivity index (χ0) is 43.4. The van der Waals surface area contributed by atoms with E-state index in [1.165, 1.54) is 64.2 Å². The van der Waals surface area contributed by atoms with E-state index in [-0.39, 0.29) is 13.0 Å². The molecule has 6 N–H and O–H groups in total. The lowest BCUT2D eigenvalue weighted by molar-refractivity contribution is -0.220. The molecule has 1 rings (SSSR count). The first kappa shape index (κ1) is 54.8. The molecular weight excluding hydrogens is 775 g/mol. The molecular formula is C46H79O12P. The fourth-order valence-electron chi connectivity index (χ4n) is 6.31. The number of ether oxygens (including phenoxy) is 2. The number of aliphatic hydroxyl groups excluding tert-OH is 5. The van der Waals surface area contributed by atoms with Crippen LogP contribution in [0.25, 0.3) is 0 Å². The van der Waals surface area contributed by atoms with Gasteiger partial charge in [0.25, 0.3) is 0 Å². The Bertz CT molecular complexity index is 1250. The van der Waals surface area contributed by atoms with Crippen LogP contribution < -0.4 is 0 Å². The Labute approximate surface area is 355 Å². The summed E-state index contributed by atoms with van der Waals surface area (Å²) in [5.74, 6) is -0.608. The van der Waals surface area contributed by atoms with Crippen molar-refractivity contribution in [3.8, 4) is 0 Å². The molecule has 0 aromatic heterocycles. The van der Waals surface area contributed by atoms with E-state index in [4.69, 9.17) is 18.5 Å². The van der Waals surface area contributed by atoms with E-state index in [9.17, 15) is 39.8 Å². The Kier molecular flexibility index (Phi) is 33.8. The zero-order valence-electron chi connectivity index (χ0n) is 36.0. The third kappa shape index (κ3) is 28.9. The topological polar surface area (TPSA) is 192 Å². The van der Waals surface area contributed by atoms with Crippen molar-refractivity contribution in [1.29, 1.82) is 0 Å². The Morgan fingerprint density at radius 3 is 1.51 bits per heavy atom. The summed E-state index contributed by atoms with van der Waals surface area (Å²) >= 11 is 0. The highest BCUT2D eigenvalue weighted by Crippen LogP contribution is 2.47. The molecule has 0 saturated heterocycles. The van der Waals surface area contributed by atoms with Gasteiger partial charge in [0.1, 0.15) is 42.7 Å². The minimum atomic E-state index is -5.05. The summed E-state index contributed by atoms with van der Waals surface area (Å²) in [6, 6.07) is 0. The van der Waals surface area contributed by atoms with E-state index in [2.05, 4.69) is 62.5 Å². The predicted octanol–water partition coefficient (Wildman–Crippen LogP) is 8.80. The average Bonchev–Trinajstić information content (AvgIpc) is 3.22. The Balaban J connectivity index is 2.48. The fraction of sp³-hybridized carbons (Fsp3) is 0.717. The van der Waals surface area contributed by atoms with E-state index in [0.717, 1.165) is 57.8 Å². The molecule has 0 aliphatic heterocycles. The molecule has 1 aliphatic rings. The van der Waals surface area contributed by atoms with Crippen molar-refractivity contribution in [2.24, 2.45) is 0 Å². The largest absolute Gasteiger partial charge is 0.472 e. The maximum Gasteiger partial charge on any atom is 0.472 e. The van der Waals surface area contributed by atoms with Gasteiger partial charge in [-0.1, -0.05) is 151 Å². The van der Waals surface area contributed by atoms with Crippen molar-refractivity contribution >= 4 is 13.8 Å². The Morgan fingerprint density at radius 2 is 1.00 bits per heavy atom. The van der Waals surface area contributed by atoms with Gasteiger partial charge in [-0.2, -0.15) is 0 Å². The number of carbonyl (C=O) groups excluding carboxylic acids is 1. The number of hydrogen-bond donors (Lipinski definition) is 6. The lowest BCUT2D eigenvalue weighted by Gasteiger charge is -2.41. The minimum Gasteiger partial charge on any atom is -0.457 e. The van der Waals surface area contributed by atoms with Crippen LogP contribution in [0.1, 0.15) is 149 Å². The highest BCUT2D eigenvalue weighted by Gasteiger charge is 2.51. The third-order valence-electron chi connectivity index (χ3n) is 9.85. The summed E-state index contributed by atoms with van der Waals surface area (Å²) in [6.45, 7) is 4.00. The van der Waals surface area contributed by atoms with Gasteiger partial charge in [-0.05, 0) is 64.2 Å². The highest BCUT2D eigenvalue weighted by atomic mass is 31.2. The summed E-state index contributed by atoms with van der Waals surface area (Å²) in [4.78, 5) is 23.0. The predicted molar refractivity (Wildman–Crippen MR) is 235 cm³/mol. The van der Waals surface area contributed by atoms with Gasteiger partial charge in [0.15, 0.2) is 0 Å². The number of carbonyl (C=O) groups is 1. The van der Waals surface area contributed by atoms with Gasteiger partial charge in [-0.25, -0.2) is 4.57 Å². The summed E-state index contributed by atoms with van der Waals surface area (Å²) in [5.41, 5.74) is 0. The van der Waals surface area contributed by atoms with Gasteiger partial charge in [0.05, 0.1) is 19.6 Å². The molecule has 0 aromatic rings. The van der Waals surface area contributed by atoms with Crippen LogP contribution in [0, 0.1) is 0 Å². The van der Waals surface area contributed by atoms with Crippen LogP contribution in [-0.2, 0) is 27.9 Å². The van der Waals surface area contributed by atoms with Crippen molar-refractivity contribution in [2.45, 2.75) is 191 Å². The smallest absolute Gasteiger partial charge is 0.457 e. The summed E-state index contributed by atoms with van der Waals surface area (Å²) in [5, 5.41) is 50.1. The molecule has 1 fully saturated rings. The van der Waals surface area contributed by atoms with E-state index in [1.807, 2.05) is 18.2 Å². The number of rotatable bonds is 36. The number of allylic oxidation sites excluding steroid dienone is 11. The van der Waals surface area contributed by atoms with Crippen LogP contribution in [0.2, 0.25) is 0 Å². The molecule has 1 saturated carbocycles. The second-order valence-electron chi connectivity index (χ2n) is 15.2. The molecule has 0 bridgehead atoms. The van der Waals surface area contributed by atoms with Crippen molar-refractivity contribution in [1.82, 2.24) is 0 Å². The maximum absolute atomic E-state index is 12.8. The first-order valence-electron chi connectivity index (χ1n) is 22.3. The quantitative estimate of drug-likeness (QED) is 0.0152. The Morgan fingerprint density at radius 1 is 0.559 bits per heavy atom. The second kappa shape index (κ2) is 36.4. The molecule has 1 aliphatic carbocycles. The molecule has 12 nitrogen and oxygen atoms in total. The van der Waals surface area contributed by atoms with Gasteiger partial charge in [0.2, 0.25) is 0 Å². The van der Waals surface area contributed by atoms with Crippen LogP contribution in [0.15, 0.2) is 72.9 Å². The van der Waals surface area contributed by atoms with Gasteiger partial charge in [0, 0.05) is 6.61 Å². The molecule has 0 spiro atoms. The van der Waals surface area contributed by atoms with Crippen molar-refractivity contribution in [2.75, 3.05) is 19.8 Å². The SMILES string of the molecule is CC/C=C\C/C=C\C/C=C\C/C=C\C/C=C\CC(=O)OC(COCCCCCCCC/C=C\CCCCCCCCC)COP(=O)(O)OC1C(O)C(O)C(O)C(O)C1O. The molecule has 0 heterocycles. The molecule has 59 heavy (non-hydrogen) atoms. The van der Waals surface area contributed by atoms with Crippen LogP contribution in [0.5, 0.6) is 0 Å². The average molecular weight is 855 g/mol. The number of aliphatic hydroxyl groups is 5.